The zero-order valence-electron chi connectivity index (χ0n) is 10.8. The first-order valence-corrected chi connectivity index (χ1v) is 6.19. The van der Waals surface area contributed by atoms with Crippen molar-refractivity contribution in [1.82, 2.24) is 9.88 Å². The van der Waals surface area contributed by atoms with Crippen molar-refractivity contribution >= 4 is 5.57 Å². The number of aryl methyl sites for hydroxylation is 1. The molecule has 0 bridgehead atoms. The molecule has 1 aliphatic rings. The van der Waals surface area contributed by atoms with Crippen LogP contribution < -0.4 is 4.74 Å². The van der Waals surface area contributed by atoms with E-state index in [1.165, 1.54) is 0 Å². The Morgan fingerprint density at radius 3 is 3.06 bits per heavy atom. The Kier molecular flexibility index (Phi) is 3.84. The molecule has 0 aliphatic carbocycles. The largest absolute Gasteiger partial charge is 0.464 e. The average Bonchev–Trinajstić information content (AvgIpc) is 2.68. The summed E-state index contributed by atoms with van der Waals surface area (Å²) in [5.41, 5.74) is 2.00. The zero-order chi connectivity index (χ0) is 12.3. The van der Waals surface area contributed by atoms with Gasteiger partial charge in [-0.25, -0.2) is 4.98 Å². The number of ether oxygens (including phenoxy) is 1. The fourth-order valence-corrected chi connectivity index (χ4v) is 1.90. The Bertz CT molecular complexity index is 410. The number of oxazole rings is 1. The Morgan fingerprint density at radius 2 is 2.35 bits per heavy atom. The van der Waals surface area contributed by atoms with Crippen LogP contribution in [0.2, 0.25) is 0 Å². The van der Waals surface area contributed by atoms with Crippen molar-refractivity contribution in [1.29, 1.82) is 0 Å². The van der Waals surface area contributed by atoms with E-state index >= 15 is 0 Å². The van der Waals surface area contributed by atoms with Crippen molar-refractivity contribution in [3.63, 3.8) is 0 Å². The molecule has 2 rings (SSSR count). The number of rotatable bonds is 4. The molecule has 0 radical (unpaired) electrons. The van der Waals surface area contributed by atoms with Crippen molar-refractivity contribution in [2.24, 2.45) is 0 Å². The molecule has 1 aromatic rings. The number of likely N-dealkylation sites (N-methyl/N-ethyl adjacent to an activating group) is 1. The predicted molar refractivity (Wildman–Crippen MR) is 67.1 cm³/mol. The zero-order valence-corrected chi connectivity index (χ0v) is 10.8. The van der Waals surface area contributed by atoms with E-state index in [2.05, 4.69) is 29.9 Å². The minimum absolute atomic E-state index is 0.566. The molecule has 0 N–H and O–H groups in total. The Balaban J connectivity index is 2.13. The van der Waals surface area contributed by atoms with E-state index in [4.69, 9.17) is 9.15 Å². The van der Waals surface area contributed by atoms with Crippen LogP contribution >= 0.6 is 0 Å². The van der Waals surface area contributed by atoms with E-state index < -0.39 is 0 Å². The maximum Gasteiger partial charge on any atom is 0.308 e. The third-order valence-electron chi connectivity index (χ3n) is 2.81. The first kappa shape index (κ1) is 12.2. The summed E-state index contributed by atoms with van der Waals surface area (Å²) < 4.78 is 11.2. The second-order valence-electron chi connectivity index (χ2n) is 4.50. The Hall–Kier alpha value is -1.29. The number of nitrogens with zero attached hydrogens (tertiary/aromatic N) is 2. The van der Waals surface area contributed by atoms with E-state index in [1.807, 2.05) is 6.92 Å². The van der Waals surface area contributed by atoms with Crippen molar-refractivity contribution in [3.8, 4) is 5.95 Å². The lowest BCUT2D eigenvalue weighted by molar-refractivity contribution is 0.238. The van der Waals surface area contributed by atoms with Crippen molar-refractivity contribution in [2.75, 3.05) is 26.7 Å². The SMILES string of the molecule is CCCOc1oc(C2=CCCN(C)C2)nc1C. The van der Waals surface area contributed by atoms with Gasteiger partial charge in [0.2, 0.25) is 5.89 Å². The highest BCUT2D eigenvalue weighted by molar-refractivity contribution is 5.61. The highest BCUT2D eigenvalue weighted by Crippen LogP contribution is 2.26. The highest BCUT2D eigenvalue weighted by Gasteiger charge is 2.17. The smallest absolute Gasteiger partial charge is 0.308 e. The summed E-state index contributed by atoms with van der Waals surface area (Å²) in [6.07, 6.45) is 4.23. The fraction of sp³-hybridized carbons (Fsp3) is 0.615. The van der Waals surface area contributed by atoms with Gasteiger partial charge in [0.1, 0.15) is 5.69 Å². The molecule has 2 heterocycles. The van der Waals surface area contributed by atoms with Crippen molar-refractivity contribution < 1.29 is 9.15 Å². The quantitative estimate of drug-likeness (QED) is 0.805. The minimum atomic E-state index is 0.566. The first-order valence-electron chi connectivity index (χ1n) is 6.19. The second-order valence-corrected chi connectivity index (χ2v) is 4.50. The van der Waals surface area contributed by atoms with Crippen LogP contribution in [0.4, 0.5) is 0 Å². The Morgan fingerprint density at radius 1 is 1.53 bits per heavy atom. The normalized spacial score (nSPS) is 17.0. The summed E-state index contributed by atoms with van der Waals surface area (Å²) in [6.45, 7) is 6.67. The highest BCUT2D eigenvalue weighted by atomic mass is 16.6. The molecule has 0 saturated carbocycles. The maximum atomic E-state index is 5.68. The molecule has 0 fully saturated rings. The van der Waals surface area contributed by atoms with Gasteiger partial charge in [0.15, 0.2) is 0 Å². The second kappa shape index (κ2) is 5.36. The number of hydrogen-bond donors (Lipinski definition) is 0. The number of hydrogen-bond acceptors (Lipinski definition) is 4. The van der Waals surface area contributed by atoms with E-state index in [0.717, 1.165) is 37.2 Å². The molecule has 0 saturated heterocycles. The molecule has 4 heteroatoms. The van der Waals surface area contributed by atoms with Gasteiger partial charge in [-0.2, -0.15) is 0 Å². The van der Waals surface area contributed by atoms with Crippen LogP contribution in [-0.2, 0) is 0 Å². The molecule has 0 unspecified atom stereocenters. The summed E-state index contributed by atoms with van der Waals surface area (Å²) in [4.78, 5) is 6.70. The molecular weight excluding hydrogens is 216 g/mol. The van der Waals surface area contributed by atoms with Crippen molar-refractivity contribution in [3.05, 3.63) is 17.7 Å². The predicted octanol–water partition coefficient (Wildman–Crippen LogP) is 2.49. The molecule has 1 aliphatic heterocycles. The third-order valence-corrected chi connectivity index (χ3v) is 2.81. The molecule has 0 aromatic carbocycles. The molecule has 94 valence electrons. The van der Waals surface area contributed by atoms with Crippen LogP contribution in [0.25, 0.3) is 5.57 Å². The van der Waals surface area contributed by atoms with Gasteiger partial charge in [-0.05, 0) is 26.8 Å². The first-order chi connectivity index (χ1) is 8.20. The molecule has 0 spiro atoms. The molecule has 0 atom stereocenters. The van der Waals surface area contributed by atoms with Gasteiger partial charge < -0.3 is 14.1 Å². The molecule has 17 heavy (non-hydrogen) atoms. The van der Waals surface area contributed by atoms with Gasteiger partial charge >= 0.3 is 5.95 Å². The van der Waals surface area contributed by atoms with Gasteiger partial charge in [0.05, 0.1) is 6.61 Å². The van der Waals surface area contributed by atoms with Crippen molar-refractivity contribution in [2.45, 2.75) is 26.7 Å². The molecule has 0 amide bonds. The summed E-state index contributed by atoms with van der Waals surface area (Å²) >= 11 is 0. The van der Waals surface area contributed by atoms with Gasteiger partial charge in [-0.3, -0.25) is 0 Å². The van der Waals surface area contributed by atoms with Gasteiger partial charge in [-0.15, -0.1) is 0 Å². The topological polar surface area (TPSA) is 38.5 Å². The average molecular weight is 236 g/mol. The fourth-order valence-electron chi connectivity index (χ4n) is 1.90. The van der Waals surface area contributed by atoms with Gasteiger partial charge in [-0.1, -0.05) is 13.0 Å². The monoisotopic (exact) mass is 236 g/mol. The summed E-state index contributed by atoms with van der Waals surface area (Å²) in [6, 6.07) is 0. The van der Waals surface area contributed by atoms with E-state index in [9.17, 15) is 0 Å². The lowest BCUT2D eigenvalue weighted by atomic mass is 10.1. The summed E-state index contributed by atoms with van der Waals surface area (Å²) in [5.74, 6) is 1.27. The standard InChI is InChI=1S/C13H20N2O2/c1-4-8-16-13-10(2)14-12(17-13)11-6-5-7-15(3)9-11/h6H,4-5,7-9H2,1-3H3. The van der Waals surface area contributed by atoms with Crippen LogP contribution in [-0.4, -0.2) is 36.6 Å². The van der Waals surface area contributed by atoms with Gasteiger partial charge in [0.25, 0.3) is 0 Å². The number of aromatic nitrogens is 1. The van der Waals surface area contributed by atoms with Gasteiger partial charge in [0, 0.05) is 18.7 Å². The van der Waals surface area contributed by atoms with Crippen LogP contribution in [0.15, 0.2) is 10.5 Å². The maximum absolute atomic E-state index is 5.68. The van der Waals surface area contributed by atoms with E-state index in [-0.39, 0.29) is 0 Å². The van der Waals surface area contributed by atoms with Crippen LogP contribution in [0.3, 0.4) is 0 Å². The Labute approximate surface area is 102 Å². The minimum Gasteiger partial charge on any atom is -0.464 e. The summed E-state index contributed by atoms with van der Waals surface area (Å²) in [5, 5.41) is 0. The molecule has 1 aromatic heterocycles. The third kappa shape index (κ3) is 2.88. The van der Waals surface area contributed by atoms with Crippen LogP contribution in [0, 0.1) is 6.92 Å². The lowest BCUT2D eigenvalue weighted by Gasteiger charge is -2.20. The summed E-state index contributed by atoms with van der Waals surface area (Å²) in [7, 11) is 2.11. The van der Waals surface area contributed by atoms with Crippen LogP contribution in [0.1, 0.15) is 31.4 Å². The van der Waals surface area contributed by atoms with Crippen LogP contribution in [0.5, 0.6) is 5.95 Å². The van der Waals surface area contributed by atoms with E-state index in [0.29, 0.717) is 18.4 Å². The molecular formula is C13H20N2O2. The molecule has 4 nitrogen and oxygen atoms in total. The lowest BCUT2D eigenvalue weighted by Crippen LogP contribution is -2.25. The van der Waals surface area contributed by atoms with E-state index in [1.54, 1.807) is 0 Å².